The van der Waals surface area contributed by atoms with E-state index >= 15 is 0 Å². The summed E-state index contributed by atoms with van der Waals surface area (Å²) in [5, 5.41) is 3.36. The van der Waals surface area contributed by atoms with Crippen LogP contribution in [0.3, 0.4) is 0 Å². The molecule has 1 atom stereocenters. The zero-order valence-electron chi connectivity index (χ0n) is 7.66. The average molecular weight is 305 g/mol. The summed E-state index contributed by atoms with van der Waals surface area (Å²) < 4.78 is 6.48. The van der Waals surface area contributed by atoms with Crippen LogP contribution in [0.25, 0.3) is 0 Å². The molecule has 1 aromatic rings. The summed E-state index contributed by atoms with van der Waals surface area (Å²) >= 11 is 2.23. The predicted octanol–water partition coefficient (Wildman–Crippen LogP) is 0.929. The average Bonchev–Trinajstić information content (AvgIpc) is 2.23. The molecule has 76 valence electrons. The van der Waals surface area contributed by atoms with E-state index in [1.807, 2.05) is 0 Å². The van der Waals surface area contributed by atoms with Crippen molar-refractivity contribution in [3.8, 4) is 0 Å². The molecule has 5 heteroatoms. The van der Waals surface area contributed by atoms with E-state index in [4.69, 9.17) is 10.5 Å². The summed E-state index contributed by atoms with van der Waals surface area (Å²) in [6, 6.07) is 2.24. The van der Waals surface area contributed by atoms with Gasteiger partial charge in [-0.1, -0.05) is 0 Å². The quantitative estimate of drug-likeness (QED) is 0.758. The lowest BCUT2D eigenvalue weighted by atomic mass is 10.1. The Hall–Kier alpha value is -0.400. The molecule has 0 bridgehead atoms. The number of nitrogens with zero attached hydrogens (tertiary/aromatic N) is 1. The molecule has 0 aliphatic carbocycles. The molecular weight excluding hydrogens is 293 g/mol. The molecule has 2 rings (SSSR count). The number of rotatable bonds is 1. The van der Waals surface area contributed by atoms with E-state index in [0.29, 0.717) is 12.4 Å². The molecular formula is C9H12IN3O. The largest absolute Gasteiger partial charge is 0.383 e. The van der Waals surface area contributed by atoms with Gasteiger partial charge in [0.2, 0.25) is 0 Å². The van der Waals surface area contributed by atoms with Crippen molar-refractivity contribution in [2.45, 2.75) is 6.04 Å². The first-order valence-corrected chi connectivity index (χ1v) is 5.57. The maximum atomic E-state index is 5.81. The Morgan fingerprint density at radius 2 is 2.50 bits per heavy atom. The van der Waals surface area contributed by atoms with Crippen molar-refractivity contribution in [2.75, 3.05) is 25.5 Å². The number of nitrogens with two attached hydrogens (primary N) is 1. The van der Waals surface area contributed by atoms with Gasteiger partial charge < -0.3 is 15.8 Å². The maximum absolute atomic E-state index is 5.81. The van der Waals surface area contributed by atoms with Crippen LogP contribution in [0, 0.1) is 3.57 Å². The van der Waals surface area contributed by atoms with E-state index in [0.717, 1.165) is 22.3 Å². The van der Waals surface area contributed by atoms with Crippen LogP contribution >= 0.6 is 22.6 Å². The number of anilines is 1. The van der Waals surface area contributed by atoms with Gasteiger partial charge in [-0.15, -0.1) is 0 Å². The van der Waals surface area contributed by atoms with Gasteiger partial charge in [0.15, 0.2) is 0 Å². The molecule has 0 aromatic carbocycles. The van der Waals surface area contributed by atoms with Crippen LogP contribution in [0.2, 0.25) is 0 Å². The van der Waals surface area contributed by atoms with Crippen LogP contribution in [0.15, 0.2) is 12.3 Å². The molecule has 2 heterocycles. The Morgan fingerprint density at radius 1 is 1.64 bits per heavy atom. The van der Waals surface area contributed by atoms with Crippen LogP contribution in [-0.2, 0) is 4.74 Å². The number of ether oxygens (including phenoxy) is 1. The minimum Gasteiger partial charge on any atom is -0.383 e. The first kappa shape index (κ1) is 10.1. The van der Waals surface area contributed by atoms with Gasteiger partial charge in [-0.05, 0) is 28.7 Å². The highest BCUT2D eigenvalue weighted by molar-refractivity contribution is 14.1. The number of hydrogen-bond donors (Lipinski definition) is 2. The molecule has 1 aromatic heterocycles. The van der Waals surface area contributed by atoms with Gasteiger partial charge in [0.05, 0.1) is 19.3 Å². The molecule has 4 nitrogen and oxygen atoms in total. The Labute approximate surface area is 96.4 Å². The number of pyridine rings is 1. The lowest BCUT2D eigenvalue weighted by molar-refractivity contribution is 0.0770. The molecule has 14 heavy (non-hydrogen) atoms. The number of hydrogen-bond acceptors (Lipinski definition) is 4. The zero-order chi connectivity index (χ0) is 9.97. The van der Waals surface area contributed by atoms with Crippen molar-refractivity contribution in [3.63, 3.8) is 0 Å². The highest BCUT2D eigenvalue weighted by Crippen LogP contribution is 2.22. The Balaban J connectivity index is 2.24. The van der Waals surface area contributed by atoms with Crippen LogP contribution in [0.1, 0.15) is 11.6 Å². The molecule has 1 aliphatic rings. The van der Waals surface area contributed by atoms with E-state index in [9.17, 15) is 0 Å². The fourth-order valence-electron chi connectivity index (χ4n) is 1.51. The summed E-state index contributed by atoms with van der Waals surface area (Å²) in [5.41, 5.74) is 6.85. The molecule has 1 aliphatic heterocycles. The smallest absolute Gasteiger partial charge is 0.128 e. The predicted molar refractivity (Wildman–Crippen MR) is 62.9 cm³/mol. The number of aromatic nitrogens is 1. The number of nitrogens with one attached hydrogen (secondary N) is 1. The fraction of sp³-hybridized carbons (Fsp3) is 0.444. The third-order valence-corrected chi connectivity index (χ3v) is 2.80. The number of halogens is 1. The standard InChI is InChI=1S/C9H12IN3O/c10-6-3-7(9(11)13-4-6)8-5-14-2-1-12-8/h3-4,8,12H,1-2,5H2,(H2,11,13). The monoisotopic (exact) mass is 305 g/mol. The molecule has 0 spiro atoms. The minimum absolute atomic E-state index is 0.186. The SMILES string of the molecule is Nc1ncc(I)cc1C1COCCN1. The van der Waals surface area contributed by atoms with Crippen molar-refractivity contribution < 1.29 is 4.74 Å². The highest BCUT2D eigenvalue weighted by atomic mass is 127. The van der Waals surface area contributed by atoms with Gasteiger partial charge in [-0.3, -0.25) is 0 Å². The highest BCUT2D eigenvalue weighted by Gasteiger charge is 2.18. The van der Waals surface area contributed by atoms with Crippen LogP contribution < -0.4 is 11.1 Å². The van der Waals surface area contributed by atoms with Crippen molar-refractivity contribution in [1.29, 1.82) is 0 Å². The third-order valence-electron chi connectivity index (χ3n) is 2.21. The normalized spacial score (nSPS) is 22.2. The molecule has 0 amide bonds. The summed E-state index contributed by atoms with van der Waals surface area (Å²) in [4.78, 5) is 4.13. The Morgan fingerprint density at radius 3 is 3.21 bits per heavy atom. The summed E-state index contributed by atoms with van der Waals surface area (Å²) in [7, 11) is 0. The van der Waals surface area contributed by atoms with Gasteiger partial charge in [0, 0.05) is 21.9 Å². The Bertz CT molecular complexity index is 326. The van der Waals surface area contributed by atoms with Crippen LogP contribution in [-0.4, -0.2) is 24.7 Å². The van der Waals surface area contributed by atoms with Gasteiger partial charge in [0.25, 0.3) is 0 Å². The lowest BCUT2D eigenvalue weighted by Crippen LogP contribution is -2.35. The van der Waals surface area contributed by atoms with Crippen molar-refractivity contribution >= 4 is 28.4 Å². The summed E-state index contributed by atoms with van der Waals surface area (Å²) in [6.07, 6.45) is 1.77. The molecule has 1 saturated heterocycles. The molecule has 1 unspecified atom stereocenters. The maximum Gasteiger partial charge on any atom is 0.128 e. The first-order valence-electron chi connectivity index (χ1n) is 4.49. The molecule has 0 saturated carbocycles. The van der Waals surface area contributed by atoms with Gasteiger partial charge in [-0.25, -0.2) is 4.98 Å². The van der Waals surface area contributed by atoms with Gasteiger partial charge in [-0.2, -0.15) is 0 Å². The van der Waals surface area contributed by atoms with E-state index in [-0.39, 0.29) is 6.04 Å². The second-order valence-corrected chi connectivity index (χ2v) is 4.46. The number of nitrogen functional groups attached to an aromatic ring is 1. The lowest BCUT2D eigenvalue weighted by Gasteiger charge is -2.24. The molecule has 3 N–H and O–H groups in total. The Kier molecular flexibility index (Phi) is 3.19. The minimum atomic E-state index is 0.186. The van der Waals surface area contributed by atoms with E-state index in [2.05, 4.69) is 39.0 Å². The second-order valence-electron chi connectivity index (χ2n) is 3.21. The van der Waals surface area contributed by atoms with E-state index < -0.39 is 0 Å². The van der Waals surface area contributed by atoms with Crippen LogP contribution in [0.4, 0.5) is 5.82 Å². The number of morpholine rings is 1. The summed E-state index contributed by atoms with van der Waals surface area (Å²) in [5.74, 6) is 0.591. The first-order chi connectivity index (χ1) is 6.77. The molecule has 0 radical (unpaired) electrons. The second kappa shape index (κ2) is 4.41. The van der Waals surface area contributed by atoms with Gasteiger partial charge in [0.1, 0.15) is 5.82 Å². The van der Waals surface area contributed by atoms with E-state index in [1.165, 1.54) is 0 Å². The zero-order valence-corrected chi connectivity index (χ0v) is 9.82. The van der Waals surface area contributed by atoms with Crippen LogP contribution in [0.5, 0.6) is 0 Å². The van der Waals surface area contributed by atoms with Crippen molar-refractivity contribution in [3.05, 3.63) is 21.4 Å². The third kappa shape index (κ3) is 2.15. The van der Waals surface area contributed by atoms with Gasteiger partial charge >= 0.3 is 0 Å². The fourth-order valence-corrected chi connectivity index (χ4v) is 1.98. The summed E-state index contributed by atoms with van der Waals surface area (Å²) in [6.45, 7) is 2.31. The topological polar surface area (TPSA) is 60.2 Å². The molecule has 1 fully saturated rings. The van der Waals surface area contributed by atoms with E-state index in [1.54, 1.807) is 6.20 Å². The van der Waals surface area contributed by atoms with Crippen molar-refractivity contribution in [1.82, 2.24) is 10.3 Å². The van der Waals surface area contributed by atoms with Crippen molar-refractivity contribution in [2.24, 2.45) is 0 Å².